The first-order valence-corrected chi connectivity index (χ1v) is 12.3. The van der Waals surface area contributed by atoms with Crippen molar-refractivity contribution < 1.29 is 46.8 Å². The monoisotopic (exact) mass is 581 g/mol. The van der Waals surface area contributed by atoms with E-state index in [-0.39, 0.29) is 53.8 Å². The van der Waals surface area contributed by atoms with Gasteiger partial charge in [0.2, 0.25) is 5.95 Å². The Labute approximate surface area is 233 Å². The molecule has 0 aliphatic carbocycles. The Kier molecular flexibility index (Phi) is 9.47. The van der Waals surface area contributed by atoms with Crippen LogP contribution in [0.25, 0.3) is 5.57 Å². The second-order valence-corrected chi connectivity index (χ2v) is 9.60. The number of amides is 1. The van der Waals surface area contributed by atoms with Gasteiger partial charge in [-0.25, -0.2) is 4.98 Å². The maximum atomic E-state index is 14.3. The SMILES string of the molecule is C=C(C1=C(/C=C(\C)C(O)(CNC(=O)c2ccc(OCCO)c(OC)c2)C(F)(F)F)C(C)(N)CO1)c1ccc(F)nc1. The lowest BCUT2D eigenvalue weighted by Crippen LogP contribution is -2.54. The molecule has 2 aromatic rings. The Hall–Kier alpha value is -3.94. The van der Waals surface area contributed by atoms with E-state index < -0.39 is 41.3 Å². The number of hydrogen-bond donors (Lipinski definition) is 4. The summed E-state index contributed by atoms with van der Waals surface area (Å²) in [6, 6.07) is 6.38. The molecule has 2 heterocycles. The van der Waals surface area contributed by atoms with Crippen LogP contribution in [0.5, 0.6) is 11.5 Å². The van der Waals surface area contributed by atoms with Crippen LogP contribution >= 0.6 is 0 Å². The number of hydrogen-bond acceptors (Lipinski definition) is 8. The molecule has 0 fully saturated rings. The summed E-state index contributed by atoms with van der Waals surface area (Å²) in [6.07, 6.45) is -2.96. The minimum atomic E-state index is -5.20. The summed E-state index contributed by atoms with van der Waals surface area (Å²) in [5, 5.41) is 22.0. The molecular formula is C28H31F4N3O6. The molecule has 1 aliphatic heterocycles. The fourth-order valence-corrected chi connectivity index (χ4v) is 4.00. The second-order valence-electron chi connectivity index (χ2n) is 9.60. The largest absolute Gasteiger partial charge is 0.493 e. The van der Waals surface area contributed by atoms with Gasteiger partial charge in [-0.05, 0) is 49.8 Å². The number of nitrogens with zero attached hydrogens (tertiary/aromatic N) is 1. The molecular weight excluding hydrogens is 550 g/mol. The quantitative estimate of drug-likeness (QED) is 0.235. The molecule has 0 saturated heterocycles. The number of allylic oxidation sites excluding steroid dienone is 1. The van der Waals surface area contributed by atoms with Gasteiger partial charge in [-0.1, -0.05) is 12.7 Å². The summed E-state index contributed by atoms with van der Waals surface area (Å²) in [5.74, 6) is -1.25. The van der Waals surface area contributed by atoms with Crippen molar-refractivity contribution in [3.05, 3.63) is 83.2 Å². The lowest BCUT2D eigenvalue weighted by molar-refractivity contribution is -0.241. The van der Waals surface area contributed by atoms with Gasteiger partial charge in [-0.2, -0.15) is 17.6 Å². The van der Waals surface area contributed by atoms with Gasteiger partial charge < -0.3 is 35.5 Å². The van der Waals surface area contributed by atoms with Gasteiger partial charge in [0.15, 0.2) is 17.1 Å². The molecule has 3 rings (SSSR count). The molecule has 0 radical (unpaired) electrons. The van der Waals surface area contributed by atoms with Crippen LogP contribution in [-0.2, 0) is 4.74 Å². The Morgan fingerprint density at radius 2 is 1.95 bits per heavy atom. The minimum absolute atomic E-state index is 0.0364. The highest BCUT2D eigenvalue weighted by Gasteiger charge is 2.55. The summed E-state index contributed by atoms with van der Waals surface area (Å²) in [6.45, 7) is 4.86. The minimum Gasteiger partial charge on any atom is -0.493 e. The molecule has 1 aliphatic rings. The highest BCUT2D eigenvalue weighted by molar-refractivity contribution is 5.95. The van der Waals surface area contributed by atoms with Crippen molar-refractivity contribution in [2.45, 2.75) is 31.2 Å². The van der Waals surface area contributed by atoms with Crippen molar-refractivity contribution in [2.24, 2.45) is 5.73 Å². The van der Waals surface area contributed by atoms with E-state index in [1.807, 2.05) is 0 Å². The number of carbonyl (C=O) groups is 1. The summed E-state index contributed by atoms with van der Waals surface area (Å²) >= 11 is 0. The van der Waals surface area contributed by atoms with E-state index in [9.17, 15) is 27.5 Å². The number of rotatable bonds is 11. The maximum absolute atomic E-state index is 14.3. The van der Waals surface area contributed by atoms with E-state index in [1.165, 1.54) is 44.5 Å². The highest BCUT2D eigenvalue weighted by Crippen LogP contribution is 2.41. The number of nitrogens with one attached hydrogen (secondary N) is 1. The lowest BCUT2D eigenvalue weighted by Gasteiger charge is -2.32. The molecule has 1 aromatic carbocycles. The van der Waals surface area contributed by atoms with Crippen molar-refractivity contribution in [3.63, 3.8) is 0 Å². The molecule has 222 valence electrons. The number of carbonyl (C=O) groups excluding carboxylic acids is 1. The van der Waals surface area contributed by atoms with Crippen LogP contribution in [0.1, 0.15) is 29.8 Å². The van der Waals surface area contributed by atoms with Crippen LogP contribution < -0.4 is 20.5 Å². The molecule has 0 spiro atoms. The fraction of sp³-hybridized carbons (Fsp3) is 0.357. The molecule has 9 nitrogen and oxygen atoms in total. The standard InChI is InChI=1S/C28H31F4N3O6/c1-16(11-20-24(41-15-26(20,3)33)17(2)19-6-8-23(29)34-13-19)27(38,28(30,31)32)14-35-25(37)18-5-7-21(40-10-9-36)22(12-18)39-4/h5-8,11-13,36,38H,2,9-10,14-15,33H2,1,3-4H3,(H,35,37)/b16-11+. The first-order valence-electron chi connectivity index (χ1n) is 12.3. The summed E-state index contributed by atoms with van der Waals surface area (Å²) in [4.78, 5) is 16.3. The van der Waals surface area contributed by atoms with E-state index in [1.54, 1.807) is 0 Å². The van der Waals surface area contributed by atoms with Gasteiger partial charge >= 0.3 is 6.18 Å². The second kappa shape index (κ2) is 12.3. The third-order valence-corrected chi connectivity index (χ3v) is 6.49. The molecule has 5 N–H and O–H groups in total. The highest BCUT2D eigenvalue weighted by atomic mass is 19.4. The van der Waals surface area contributed by atoms with Crippen LogP contribution in [0.2, 0.25) is 0 Å². The topological polar surface area (TPSA) is 136 Å². The summed E-state index contributed by atoms with van der Waals surface area (Å²) < 4.78 is 72.2. The number of nitrogens with two attached hydrogens (primary N) is 1. The van der Waals surface area contributed by atoms with Gasteiger partial charge in [0, 0.05) is 28.5 Å². The zero-order valence-electron chi connectivity index (χ0n) is 22.6. The number of ether oxygens (including phenoxy) is 3. The zero-order chi connectivity index (χ0) is 30.6. The average molecular weight is 582 g/mol. The number of aliphatic hydroxyl groups is 2. The lowest BCUT2D eigenvalue weighted by atomic mass is 9.86. The van der Waals surface area contributed by atoms with Crippen molar-refractivity contribution in [3.8, 4) is 11.5 Å². The molecule has 0 bridgehead atoms. The number of aromatic nitrogens is 1. The first kappa shape index (κ1) is 31.6. The Bertz CT molecular complexity index is 1360. The van der Waals surface area contributed by atoms with Crippen LogP contribution in [-0.4, -0.2) is 71.9 Å². The van der Waals surface area contributed by atoms with Crippen LogP contribution in [0, 0.1) is 5.95 Å². The number of halogens is 4. The predicted octanol–water partition coefficient (Wildman–Crippen LogP) is 3.29. The number of aliphatic hydroxyl groups excluding tert-OH is 1. The number of methoxy groups -OCH3 is 1. The maximum Gasteiger partial charge on any atom is 0.422 e. The zero-order valence-corrected chi connectivity index (χ0v) is 22.6. The Morgan fingerprint density at radius 3 is 2.54 bits per heavy atom. The third kappa shape index (κ3) is 6.87. The van der Waals surface area contributed by atoms with Gasteiger partial charge in [0.25, 0.3) is 5.91 Å². The van der Waals surface area contributed by atoms with E-state index >= 15 is 0 Å². The molecule has 41 heavy (non-hydrogen) atoms. The summed E-state index contributed by atoms with van der Waals surface area (Å²) in [5.41, 5.74) is 1.59. The van der Waals surface area contributed by atoms with E-state index in [4.69, 9.17) is 25.1 Å². The molecule has 0 saturated carbocycles. The first-order chi connectivity index (χ1) is 19.1. The number of alkyl halides is 3. The van der Waals surface area contributed by atoms with Crippen LogP contribution in [0.4, 0.5) is 17.6 Å². The predicted molar refractivity (Wildman–Crippen MR) is 141 cm³/mol. The average Bonchev–Trinajstić information content (AvgIpc) is 3.22. The normalized spacial score (nSPS) is 18.9. The molecule has 1 amide bonds. The summed E-state index contributed by atoms with van der Waals surface area (Å²) in [7, 11) is 1.31. The molecule has 1 aromatic heterocycles. The smallest absolute Gasteiger partial charge is 0.422 e. The van der Waals surface area contributed by atoms with Crippen LogP contribution in [0.3, 0.4) is 0 Å². The Morgan fingerprint density at radius 1 is 1.27 bits per heavy atom. The van der Waals surface area contributed by atoms with Crippen LogP contribution in [0.15, 0.2) is 66.1 Å². The van der Waals surface area contributed by atoms with E-state index in [0.717, 1.165) is 19.1 Å². The number of benzene rings is 1. The number of pyridine rings is 1. The molecule has 2 unspecified atom stereocenters. The van der Waals surface area contributed by atoms with Gasteiger partial charge in [-0.15, -0.1) is 0 Å². The Balaban J connectivity index is 1.93. The van der Waals surface area contributed by atoms with E-state index in [2.05, 4.69) is 16.9 Å². The van der Waals surface area contributed by atoms with E-state index in [0.29, 0.717) is 5.56 Å². The van der Waals surface area contributed by atoms with Crippen molar-refractivity contribution in [1.82, 2.24) is 10.3 Å². The van der Waals surface area contributed by atoms with Crippen molar-refractivity contribution in [2.75, 3.05) is 33.5 Å². The molecule has 13 heteroatoms. The van der Waals surface area contributed by atoms with Crippen molar-refractivity contribution >= 4 is 11.5 Å². The van der Waals surface area contributed by atoms with Gasteiger partial charge in [-0.3, -0.25) is 4.79 Å². The molecule has 2 atom stereocenters. The third-order valence-electron chi connectivity index (χ3n) is 6.49. The van der Waals surface area contributed by atoms with Gasteiger partial charge in [0.1, 0.15) is 19.0 Å². The van der Waals surface area contributed by atoms with Gasteiger partial charge in [0.05, 0.1) is 25.8 Å². The fourth-order valence-electron chi connectivity index (χ4n) is 4.00. The van der Waals surface area contributed by atoms with Crippen molar-refractivity contribution in [1.29, 1.82) is 0 Å².